The second kappa shape index (κ2) is 15.2. The predicted octanol–water partition coefficient (Wildman–Crippen LogP) is 7.31. The Hall–Kier alpha value is -1.72. The Balaban J connectivity index is 2.28. The summed E-state index contributed by atoms with van der Waals surface area (Å²) < 4.78 is 39.3. The summed E-state index contributed by atoms with van der Waals surface area (Å²) in [7, 11) is 0. The summed E-state index contributed by atoms with van der Waals surface area (Å²) in [4.78, 5) is 12.4. The van der Waals surface area contributed by atoms with Crippen LogP contribution in [0.4, 0.5) is 18.9 Å². The zero-order valence-electron chi connectivity index (χ0n) is 19.8. The van der Waals surface area contributed by atoms with E-state index in [1.807, 2.05) is 11.8 Å². The molecule has 0 aromatic heterocycles. The molecule has 4 nitrogen and oxygen atoms in total. The number of halogens is 3. The second-order valence-corrected chi connectivity index (χ2v) is 9.87. The van der Waals surface area contributed by atoms with Gasteiger partial charge in [0, 0.05) is 5.69 Å². The molecule has 0 saturated carbocycles. The minimum Gasteiger partial charge on any atom is -0.380 e. The molecular formula is C25H37F3N2O2S. The third kappa shape index (κ3) is 11.8. The van der Waals surface area contributed by atoms with Crippen LogP contribution in [0.3, 0.4) is 0 Å². The van der Waals surface area contributed by atoms with Crippen LogP contribution < -0.4 is 5.32 Å². The van der Waals surface area contributed by atoms with Crippen molar-refractivity contribution in [2.75, 3.05) is 16.8 Å². The van der Waals surface area contributed by atoms with Crippen molar-refractivity contribution in [3.8, 4) is 6.07 Å². The van der Waals surface area contributed by atoms with Crippen LogP contribution in [0.5, 0.6) is 0 Å². The number of thioether (sulfide) groups is 1. The monoisotopic (exact) mass is 486 g/mol. The normalized spacial score (nSPS) is 13.4. The maximum Gasteiger partial charge on any atom is 0.417 e. The van der Waals surface area contributed by atoms with E-state index in [0.29, 0.717) is 6.42 Å². The van der Waals surface area contributed by atoms with Gasteiger partial charge in [-0.2, -0.15) is 30.2 Å². The highest BCUT2D eigenvalue weighted by Crippen LogP contribution is 2.33. The average Bonchev–Trinajstić information content (AvgIpc) is 2.76. The highest BCUT2D eigenvalue weighted by Gasteiger charge is 2.35. The molecule has 0 aliphatic rings. The van der Waals surface area contributed by atoms with E-state index in [1.165, 1.54) is 62.7 Å². The molecule has 1 rings (SSSR count). The molecule has 1 aromatic rings. The number of anilines is 1. The van der Waals surface area contributed by atoms with Crippen LogP contribution in [0.1, 0.15) is 95.6 Å². The fraction of sp³-hybridized carbons (Fsp3) is 0.680. The molecular weight excluding hydrogens is 449 g/mol. The number of hydrogen-bond donors (Lipinski definition) is 2. The maximum absolute atomic E-state index is 13.1. The zero-order valence-corrected chi connectivity index (χ0v) is 20.6. The molecule has 1 aromatic carbocycles. The largest absolute Gasteiger partial charge is 0.417 e. The molecule has 33 heavy (non-hydrogen) atoms. The minimum absolute atomic E-state index is 0.102. The van der Waals surface area contributed by atoms with Gasteiger partial charge in [-0.25, -0.2) is 0 Å². The van der Waals surface area contributed by atoms with E-state index < -0.39 is 28.8 Å². The van der Waals surface area contributed by atoms with E-state index >= 15 is 0 Å². The van der Waals surface area contributed by atoms with Gasteiger partial charge >= 0.3 is 6.18 Å². The lowest BCUT2D eigenvalue weighted by molar-refractivity contribution is -0.138. The maximum atomic E-state index is 13.1. The lowest BCUT2D eigenvalue weighted by Crippen LogP contribution is -2.40. The number of hydrogen-bond acceptors (Lipinski definition) is 4. The van der Waals surface area contributed by atoms with E-state index in [1.54, 1.807) is 0 Å². The molecule has 186 valence electrons. The van der Waals surface area contributed by atoms with Crippen molar-refractivity contribution in [1.82, 2.24) is 0 Å². The lowest BCUT2D eigenvalue weighted by Gasteiger charge is -2.22. The Bertz CT molecular complexity index is 761. The van der Waals surface area contributed by atoms with Crippen molar-refractivity contribution in [2.45, 2.75) is 96.3 Å². The number of nitriles is 1. The van der Waals surface area contributed by atoms with Crippen LogP contribution in [-0.4, -0.2) is 28.1 Å². The third-order valence-electron chi connectivity index (χ3n) is 5.54. The molecule has 1 atom stereocenters. The first-order valence-electron chi connectivity index (χ1n) is 11.8. The molecule has 0 radical (unpaired) electrons. The van der Waals surface area contributed by atoms with E-state index in [-0.39, 0.29) is 12.1 Å². The van der Waals surface area contributed by atoms with Crippen LogP contribution in [0.25, 0.3) is 0 Å². The number of rotatable bonds is 16. The second-order valence-electron chi connectivity index (χ2n) is 8.64. The van der Waals surface area contributed by atoms with Crippen LogP contribution in [-0.2, 0) is 11.0 Å². The number of carbonyl (C=O) groups excluding carboxylic acids is 1. The van der Waals surface area contributed by atoms with Gasteiger partial charge in [0.2, 0.25) is 0 Å². The molecule has 0 heterocycles. The van der Waals surface area contributed by atoms with Crippen molar-refractivity contribution < 1.29 is 23.1 Å². The number of unbranched alkanes of at least 4 members (excludes halogenated alkanes) is 8. The summed E-state index contributed by atoms with van der Waals surface area (Å²) in [6.45, 7) is 3.59. The van der Waals surface area contributed by atoms with Gasteiger partial charge in [-0.3, -0.25) is 4.79 Å². The molecule has 8 heteroatoms. The number of amides is 1. The third-order valence-corrected chi connectivity index (χ3v) is 6.69. The Morgan fingerprint density at radius 3 is 2.18 bits per heavy atom. The van der Waals surface area contributed by atoms with Gasteiger partial charge in [0.25, 0.3) is 5.91 Å². The number of carbonyl (C=O) groups is 1. The van der Waals surface area contributed by atoms with Crippen molar-refractivity contribution in [2.24, 2.45) is 0 Å². The van der Waals surface area contributed by atoms with E-state index in [4.69, 9.17) is 5.26 Å². The van der Waals surface area contributed by atoms with Gasteiger partial charge in [0.05, 0.1) is 17.2 Å². The van der Waals surface area contributed by atoms with Crippen molar-refractivity contribution >= 4 is 23.4 Å². The van der Waals surface area contributed by atoms with Gasteiger partial charge in [0.1, 0.15) is 5.60 Å². The Morgan fingerprint density at radius 2 is 1.61 bits per heavy atom. The quantitative estimate of drug-likeness (QED) is 0.240. The zero-order chi connectivity index (χ0) is 24.7. The summed E-state index contributed by atoms with van der Waals surface area (Å²) in [5.74, 6) is 1.64. The predicted molar refractivity (Wildman–Crippen MR) is 129 cm³/mol. The molecule has 0 fully saturated rings. The first-order chi connectivity index (χ1) is 15.6. The topological polar surface area (TPSA) is 73.1 Å². The summed E-state index contributed by atoms with van der Waals surface area (Å²) in [5, 5.41) is 21.7. The van der Waals surface area contributed by atoms with E-state index in [9.17, 15) is 23.1 Å². The number of aliphatic hydroxyl groups is 1. The standard InChI is InChI=1S/C25H37F3N2O2S/c1-3-4-5-8-11-16-33-17-12-9-6-7-10-15-24(2,32)23(31)30-21-14-13-20(19-29)22(18-21)25(26,27)28/h13-14,18,32H,3-12,15-17H2,1-2H3,(H,30,31)/t24-/m0/s1. The average molecular weight is 487 g/mol. The fourth-order valence-electron chi connectivity index (χ4n) is 3.45. The van der Waals surface area contributed by atoms with Gasteiger partial charge in [0.15, 0.2) is 0 Å². The van der Waals surface area contributed by atoms with E-state index in [0.717, 1.165) is 37.8 Å². The van der Waals surface area contributed by atoms with Crippen LogP contribution in [0, 0.1) is 11.3 Å². The SMILES string of the molecule is CCCCCCCSCCCCCCC[C@](C)(O)C(=O)Nc1ccc(C#N)c(C(F)(F)F)c1. The van der Waals surface area contributed by atoms with Crippen LogP contribution in [0.2, 0.25) is 0 Å². The van der Waals surface area contributed by atoms with Crippen LogP contribution >= 0.6 is 11.8 Å². The number of nitrogens with zero attached hydrogens (tertiary/aromatic N) is 1. The number of alkyl halides is 3. The first kappa shape index (κ1) is 29.3. The molecule has 0 unspecified atom stereocenters. The highest BCUT2D eigenvalue weighted by molar-refractivity contribution is 7.99. The molecule has 1 amide bonds. The Morgan fingerprint density at radius 1 is 1.03 bits per heavy atom. The Labute approximate surface area is 200 Å². The molecule has 0 bridgehead atoms. The highest BCUT2D eigenvalue weighted by atomic mass is 32.2. The van der Waals surface area contributed by atoms with Crippen molar-refractivity contribution in [3.05, 3.63) is 29.3 Å². The smallest absolute Gasteiger partial charge is 0.380 e. The number of nitrogens with one attached hydrogen (secondary N) is 1. The molecule has 2 N–H and O–H groups in total. The fourth-order valence-corrected chi connectivity index (χ4v) is 4.47. The summed E-state index contributed by atoms with van der Waals surface area (Å²) in [5.41, 5.74) is -3.41. The molecule has 0 aliphatic carbocycles. The van der Waals surface area contributed by atoms with Crippen molar-refractivity contribution in [3.63, 3.8) is 0 Å². The van der Waals surface area contributed by atoms with Crippen molar-refractivity contribution in [1.29, 1.82) is 5.26 Å². The van der Waals surface area contributed by atoms with Crippen LogP contribution in [0.15, 0.2) is 18.2 Å². The molecule has 0 aliphatic heterocycles. The number of benzene rings is 1. The lowest BCUT2D eigenvalue weighted by atomic mass is 9.96. The van der Waals surface area contributed by atoms with E-state index in [2.05, 4.69) is 12.2 Å². The minimum atomic E-state index is -4.71. The van der Waals surface area contributed by atoms with Gasteiger partial charge < -0.3 is 10.4 Å². The summed E-state index contributed by atoms with van der Waals surface area (Å²) in [6, 6.07) is 4.45. The summed E-state index contributed by atoms with van der Waals surface area (Å²) >= 11 is 2.01. The van der Waals surface area contributed by atoms with Gasteiger partial charge in [-0.15, -0.1) is 0 Å². The van der Waals surface area contributed by atoms with Gasteiger partial charge in [-0.05, 0) is 55.9 Å². The summed E-state index contributed by atoms with van der Waals surface area (Å²) in [6.07, 6.45) is 6.92. The Kier molecular flexibility index (Phi) is 13.5. The molecule has 0 spiro atoms. The molecule has 0 saturated heterocycles. The van der Waals surface area contributed by atoms with Gasteiger partial charge in [-0.1, -0.05) is 58.3 Å². The first-order valence-corrected chi connectivity index (χ1v) is 13.0.